The summed E-state index contributed by atoms with van der Waals surface area (Å²) in [5, 5.41) is 3.35. The summed E-state index contributed by atoms with van der Waals surface area (Å²) >= 11 is 3.46. The van der Waals surface area contributed by atoms with Crippen LogP contribution in [0.4, 0.5) is 0 Å². The van der Waals surface area contributed by atoms with Crippen LogP contribution in [0, 0.1) is 0 Å². The molecule has 6 heteroatoms. The van der Waals surface area contributed by atoms with E-state index in [1.165, 1.54) is 0 Å². The molecule has 0 saturated carbocycles. The lowest BCUT2D eigenvalue weighted by atomic mass is 10.1. The van der Waals surface area contributed by atoms with Crippen LogP contribution in [0.2, 0.25) is 0 Å². The van der Waals surface area contributed by atoms with Crippen molar-refractivity contribution in [3.8, 4) is 11.5 Å². The number of nitrogens with one attached hydrogen (secondary N) is 1. The van der Waals surface area contributed by atoms with E-state index in [4.69, 9.17) is 9.47 Å². The van der Waals surface area contributed by atoms with Crippen LogP contribution in [0.1, 0.15) is 15.9 Å². The van der Waals surface area contributed by atoms with E-state index in [2.05, 4.69) is 26.1 Å². The van der Waals surface area contributed by atoms with Gasteiger partial charge in [0.05, 0.1) is 5.56 Å². The molecule has 5 nitrogen and oxygen atoms in total. The van der Waals surface area contributed by atoms with Crippen LogP contribution in [0.5, 0.6) is 11.5 Å². The molecule has 0 aromatic heterocycles. The van der Waals surface area contributed by atoms with Gasteiger partial charge in [-0.15, -0.1) is 0 Å². The first-order chi connectivity index (χ1) is 10.3. The molecule has 2 heterocycles. The minimum Gasteiger partial charge on any atom is -0.486 e. The molecule has 1 N–H and O–H groups in total. The Bertz CT molecular complexity index is 530. The van der Waals surface area contributed by atoms with Crippen LogP contribution in [0.25, 0.3) is 0 Å². The smallest absolute Gasteiger partial charge is 0.173 e. The summed E-state index contributed by atoms with van der Waals surface area (Å²) in [7, 11) is 0. The maximum Gasteiger partial charge on any atom is 0.173 e. The molecule has 1 aromatic carbocycles. The van der Waals surface area contributed by atoms with Gasteiger partial charge in [-0.05, 0) is 28.4 Å². The SMILES string of the molecule is O=Cc1c(Br)cc(CCN2CCNCC2)c2c1OCCO2. The summed E-state index contributed by atoms with van der Waals surface area (Å²) in [6.45, 7) is 6.26. The molecule has 1 saturated heterocycles. The quantitative estimate of drug-likeness (QED) is 0.830. The highest BCUT2D eigenvalue weighted by atomic mass is 79.9. The summed E-state index contributed by atoms with van der Waals surface area (Å²) in [5.74, 6) is 1.32. The lowest BCUT2D eigenvalue weighted by Gasteiger charge is -2.28. The van der Waals surface area contributed by atoms with Crippen molar-refractivity contribution >= 4 is 22.2 Å². The van der Waals surface area contributed by atoms with E-state index in [1.54, 1.807) is 0 Å². The molecule has 0 amide bonds. The largest absolute Gasteiger partial charge is 0.486 e. The average Bonchev–Trinajstić information content (AvgIpc) is 2.54. The molecule has 2 aliphatic heterocycles. The van der Waals surface area contributed by atoms with Gasteiger partial charge < -0.3 is 19.7 Å². The fraction of sp³-hybridized carbons (Fsp3) is 0.533. The predicted molar refractivity (Wildman–Crippen MR) is 83.5 cm³/mol. The molecule has 0 aliphatic carbocycles. The second-order valence-electron chi connectivity index (χ2n) is 5.25. The first kappa shape index (κ1) is 14.8. The lowest BCUT2D eigenvalue weighted by Crippen LogP contribution is -2.44. The number of nitrogens with zero attached hydrogens (tertiary/aromatic N) is 1. The zero-order chi connectivity index (χ0) is 14.7. The number of piperazine rings is 1. The van der Waals surface area contributed by atoms with Crippen molar-refractivity contribution in [3.05, 3.63) is 21.7 Å². The second kappa shape index (κ2) is 6.77. The Balaban J connectivity index is 1.81. The third-order valence-electron chi connectivity index (χ3n) is 3.90. The van der Waals surface area contributed by atoms with E-state index in [9.17, 15) is 4.79 Å². The molecule has 0 spiro atoms. The van der Waals surface area contributed by atoms with Gasteiger partial charge in [-0.25, -0.2) is 0 Å². The lowest BCUT2D eigenvalue weighted by molar-refractivity contribution is 0.111. The molecular formula is C15H19BrN2O3. The van der Waals surface area contributed by atoms with E-state index in [-0.39, 0.29) is 0 Å². The molecule has 0 bridgehead atoms. The zero-order valence-electron chi connectivity index (χ0n) is 11.9. The number of ether oxygens (including phenoxy) is 2. The Kier molecular flexibility index (Phi) is 4.77. The van der Waals surface area contributed by atoms with Crippen LogP contribution < -0.4 is 14.8 Å². The Morgan fingerprint density at radius 2 is 1.95 bits per heavy atom. The van der Waals surface area contributed by atoms with Gasteiger partial charge in [0.2, 0.25) is 0 Å². The van der Waals surface area contributed by atoms with Gasteiger partial charge in [0.15, 0.2) is 17.8 Å². The van der Waals surface area contributed by atoms with E-state index in [0.717, 1.165) is 61.2 Å². The highest BCUT2D eigenvalue weighted by Gasteiger charge is 2.23. The van der Waals surface area contributed by atoms with Crippen LogP contribution in [0.15, 0.2) is 10.5 Å². The van der Waals surface area contributed by atoms with Gasteiger partial charge in [0.1, 0.15) is 13.2 Å². The van der Waals surface area contributed by atoms with Gasteiger partial charge in [-0.3, -0.25) is 4.79 Å². The first-order valence-electron chi connectivity index (χ1n) is 7.29. The molecule has 0 atom stereocenters. The molecule has 0 unspecified atom stereocenters. The minimum absolute atomic E-state index is 0.488. The van der Waals surface area contributed by atoms with Crippen molar-refractivity contribution in [1.29, 1.82) is 0 Å². The van der Waals surface area contributed by atoms with Crippen molar-refractivity contribution in [2.45, 2.75) is 6.42 Å². The number of benzene rings is 1. The van der Waals surface area contributed by atoms with Gasteiger partial charge in [0, 0.05) is 42.8 Å². The number of hydrogen-bond acceptors (Lipinski definition) is 5. The normalized spacial score (nSPS) is 18.5. The summed E-state index contributed by atoms with van der Waals surface area (Å²) in [5.41, 5.74) is 1.64. The van der Waals surface area contributed by atoms with Crippen molar-refractivity contribution < 1.29 is 14.3 Å². The molecule has 114 valence electrons. The minimum atomic E-state index is 0.488. The standard InChI is InChI=1S/C15H19BrN2O3/c16-13-9-11(1-4-18-5-2-17-3-6-18)14-15(12(13)10-19)21-8-7-20-14/h9-10,17H,1-8H2. The van der Waals surface area contributed by atoms with E-state index in [0.29, 0.717) is 24.5 Å². The molecule has 21 heavy (non-hydrogen) atoms. The maximum absolute atomic E-state index is 11.2. The number of fused-ring (bicyclic) bond motifs is 1. The van der Waals surface area contributed by atoms with E-state index >= 15 is 0 Å². The summed E-state index contributed by atoms with van der Waals surface area (Å²) < 4.78 is 12.2. The van der Waals surface area contributed by atoms with Crippen LogP contribution in [-0.2, 0) is 6.42 Å². The number of hydrogen-bond donors (Lipinski definition) is 1. The fourth-order valence-electron chi connectivity index (χ4n) is 2.77. The van der Waals surface area contributed by atoms with Crippen molar-refractivity contribution in [2.75, 3.05) is 45.9 Å². The number of rotatable bonds is 4. The fourth-order valence-corrected chi connectivity index (χ4v) is 3.32. The zero-order valence-corrected chi connectivity index (χ0v) is 13.4. The summed E-state index contributed by atoms with van der Waals surface area (Å²) in [4.78, 5) is 13.7. The van der Waals surface area contributed by atoms with Crippen molar-refractivity contribution in [2.24, 2.45) is 0 Å². The number of carbonyl (C=O) groups excluding carboxylic acids is 1. The van der Waals surface area contributed by atoms with E-state index in [1.807, 2.05) is 6.07 Å². The van der Waals surface area contributed by atoms with Gasteiger partial charge >= 0.3 is 0 Å². The molecule has 3 rings (SSSR count). The van der Waals surface area contributed by atoms with Gasteiger partial charge in [-0.2, -0.15) is 0 Å². The number of carbonyl (C=O) groups is 1. The van der Waals surface area contributed by atoms with Gasteiger partial charge in [-0.1, -0.05) is 0 Å². The Morgan fingerprint density at radius 3 is 2.67 bits per heavy atom. The highest BCUT2D eigenvalue weighted by Crippen LogP contribution is 2.40. The second-order valence-corrected chi connectivity index (χ2v) is 6.10. The summed E-state index contributed by atoms with van der Waals surface area (Å²) in [6.07, 6.45) is 1.71. The van der Waals surface area contributed by atoms with E-state index < -0.39 is 0 Å². The third-order valence-corrected chi connectivity index (χ3v) is 4.56. The molecule has 2 aliphatic rings. The molecule has 1 aromatic rings. The molecule has 1 fully saturated rings. The van der Waals surface area contributed by atoms with Crippen molar-refractivity contribution in [1.82, 2.24) is 10.2 Å². The molecule has 0 radical (unpaired) electrons. The van der Waals surface area contributed by atoms with Crippen LogP contribution in [0.3, 0.4) is 0 Å². The number of halogens is 1. The number of aldehydes is 1. The van der Waals surface area contributed by atoms with Gasteiger partial charge in [0.25, 0.3) is 0 Å². The Morgan fingerprint density at radius 1 is 1.24 bits per heavy atom. The summed E-state index contributed by atoms with van der Waals surface area (Å²) in [6, 6.07) is 1.99. The average molecular weight is 355 g/mol. The van der Waals surface area contributed by atoms with Crippen LogP contribution in [-0.4, -0.2) is 57.1 Å². The topological polar surface area (TPSA) is 50.8 Å². The predicted octanol–water partition coefficient (Wildman–Crippen LogP) is 1.48. The van der Waals surface area contributed by atoms with Crippen LogP contribution >= 0.6 is 15.9 Å². The first-order valence-corrected chi connectivity index (χ1v) is 8.08. The third kappa shape index (κ3) is 3.22. The van der Waals surface area contributed by atoms with Crippen molar-refractivity contribution in [3.63, 3.8) is 0 Å². The molecular weight excluding hydrogens is 336 g/mol. The Hall–Kier alpha value is -1.11. The highest BCUT2D eigenvalue weighted by molar-refractivity contribution is 9.10. The Labute approximate surface area is 132 Å². The maximum atomic E-state index is 11.2. The monoisotopic (exact) mass is 354 g/mol.